The molecule has 8 heteroatoms. The highest BCUT2D eigenvalue weighted by molar-refractivity contribution is 9.10. The second-order valence-electron chi connectivity index (χ2n) is 9.48. The van der Waals surface area contributed by atoms with E-state index in [9.17, 15) is 14.0 Å². The largest absolute Gasteiger partial charge is 0.339 e. The summed E-state index contributed by atoms with van der Waals surface area (Å²) >= 11 is 3.58. The Bertz CT molecular complexity index is 1860. The summed E-state index contributed by atoms with van der Waals surface area (Å²) in [6.45, 7) is 0. The first-order valence-electron chi connectivity index (χ1n) is 12.3. The standard InChI is InChI=1S/C31H20BrFN4O2/c32-20-13-16-24-23(17-20)31(30(39)34-24)25(18-7-3-1-4-8-18)27(19-11-14-21(33)15-12-19)35-28-26(31)29(38)37(36-28)22-9-5-2-6-10-22/h1-17,35-36H,(H,34,39). The van der Waals surface area contributed by atoms with Gasteiger partial charge in [0.15, 0.2) is 0 Å². The number of carbonyl (C=O) groups is 1. The van der Waals surface area contributed by atoms with E-state index >= 15 is 0 Å². The Morgan fingerprint density at radius 1 is 0.769 bits per heavy atom. The lowest BCUT2D eigenvalue weighted by molar-refractivity contribution is -0.117. The van der Waals surface area contributed by atoms with E-state index in [2.05, 4.69) is 31.7 Å². The number of halogens is 2. The van der Waals surface area contributed by atoms with Crippen molar-refractivity contribution in [1.82, 2.24) is 9.78 Å². The van der Waals surface area contributed by atoms with Crippen molar-refractivity contribution >= 4 is 44.6 Å². The van der Waals surface area contributed by atoms with Crippen molar-refractivity contribution in [1.29, 1.82) is 0 Å². The Hall–Kier alpha value is -4.69. The smallest absolute Gasteiger partial charge is 0.278 e. The van der Waals surface area contributed by atoms with Crippen LogP contribution in [-0.2, 0) is 10.2 Å². The fourth-order valence-electron chi connectivity index (χ4n) is 5.70. The van der Waals surface area contributed by atoms with Gasteiger partial charge in [-0.15, -0.1) is 0 Å². The molecule has 7 rings (SSSR count). The molecule has 6 nitrogen and oxygen atoms in total. The van der Waals surface area contributed by atoms with Gasteiger partial charge >= 0.3 is 0 Å². The molecule has 1 aromatic heterocycles. The quantitative estimate of drug-likeness (QED) is 0.235. The predicted octanol–water partition coefficient (Wildman–Crippen LogP) is 6.30. The van der Waals surface area contributed by atoms with Crippen LogP contribution in [0.25, 0.3) is 17.0 Å². The van der Waals surface area contributed by atoms with Crippen molar-refractivity contribution < 1.29 is 9.18 Å². The minimum Gasteiger partial charge on any atom is -0.339 e. The molecule has 1 unspecified atom stereocenters. The number of para-hydroxylation sites is 1. The van der Waals surface area contributed by atoms with Gasteiger partial charge in [-0.25, -0.2) is 9.07 Å². The van der Waals surface area contributed by atoms with E-state index in [4.69, 9.17) is 0 Å². The van der Waals surface area contributed by atoms with Gasteiger partial charge in [0.2, 0.25) is 5.91 Å². The third-order valence-corrected chi connectivity index (χ3v) is 7.82. The maximum absolute atomic E-state index is 14.4. The number of amides is 1. The first-order chi connectivity index (χ1) is 19.0. The van der Waals surface area contributed by atoms with E-state index in [1.54, 1.807) is 12.1 Å². The third-order valence-electron chi connectivity index (χ3n) is 7.32. The molecule has 4 aromatic carbocycles. The van der Waals surface area contributed by atoms with Crippen LogP contribution < -0.4 is 16.2 Å². The molecule has 0 saturated carbocycles. The van der Waals surface area contributed by atoms with Crippen LogP contribution in [0.1, 0.15) is 22.3 Å². The number of H-pyrrole nitrogens is 1. The van der Waals surface area contributed by atoms with Crippen LogP contribution in [0.3, 0.4) is 0 Å². The molecular weight excluding hydrogens is 559 g/mol. The van der Waals surface area contributed by atoms with Crippen LogP contribution in [0.5, 0.6) is 0 Å². The van der Waals surface area contributed by atoms with Crippen LogP contribution in [0.15, 0.2) is 112 Å². The molecule has 3 N–H and O–H groups in total. The Kier molecular flexibility index (Phi) is 5.21. The molecule has 5 aromatic rings. The van der Waals surface area contributed by atoms with Gasteiger partial charge in [-0.3, -0.25) is 14.7 Å². The van der Waals surface area contributed by atoms with Gasteiger partial charge in [-0.2, -0.15) is 0 Å². The van der Waals surface area contributed by atoms with E-state index in [0.29, 0.717) is 39.6 Å². The summed E-state index contributed by atoms with van der Waals surface area (Å²) in [5.41, 5.74) is 2.96. The van der Waals surface area contributed by atoms with E-state index in [1.807, 2.05) is 78.9 Å². The van der Waals surface area contributed by atoms with Gasteiger partial charge in [-0.1, -0.05) is 64.5 Å². The molecule has 0 aliphatic carbocycles. The van der Waals surface area contributed by atoms with Gasteiger partial charge in [0.05, 0.1) is 16.9 Å². The van der Waals surface area contributed by atoms with Crippen LogP contribution in [-0.4, -0.2) is 15.7 Å². The minimum atomic E-state index is -1.50. The average Bonchev–Trinajstić information content (AvgIpc) is 3.44. The summed E-state index contributed by atoms with van der Waals surface area (Å²) < 4.78 is 16.2. The maximum atomic E-state index is 14.4. The highest BCUT2D eigenvalue weighted by Crippen LogP contribution is 2.56. The molecule has 0 fully saturated rings. The summed E-state index contributed by atoms with van der Waals surface area (Å²) in [5, 5.41) is 9.67. The Labute approximate surface area is 230 Å². The van der Waals surface area contributed by atoms with Crippen LogP contribution >= 0.6 is 15.9 Å². The van der Waals surface area contributed by atoms with Gasteiger partial charge < -0.3 is 10.6 Å². The first-order valence-corrected chi connectivity index (χ1v) is 13.1. The summed E-state index contributed by atoms with van der Waals surface area (Å²) in [4.78, 5) is 28.7. The summed E-state index contributed by atoms with van der Waals surface area (Å²) in [7, 11) is 0. The molecule has 0 bridgehead atoms. The number of fused-ring (bicyclic) bond motifs is 4. The Morgan fingerprint density at radius 3 is 2.18 bits per heavy atom. The SMILES string of the molecule is O=C1Nc2ccc(Br)cc2C12C(c1ccccc1)=C(c1ccc(F)cc1)Nc1[nH]n(-c3ccccc3)c(=O)c12. The Balaban J connectivity index is 1.65. The number of nitrogens with one attached hydrogen (secondary N) is 3. The highest BCUT2D eigenvalue weighted by Gasteiger charge is 2.58. The average molecular weight is 579 g/mol. The second-order valence-corrected chi connectivity index (χ2v) is 10.4. The first kappa shape index (κ1) is 23.4. The minimum absolute atomic E-state index is 0.283. The molecule has 0 saturated heterocycles. The number of aromatic nitrogens is 2. The number of aromatic amines is 1. The molecule has 1 atom stereocenters. The van der Waals surface area contributed by atoms with Gasteiger partial charge in [0.25, 0.3) is 5.56 Å². The number of benzene rings is 4. The van der Waals surface area contributed by atoms with Crippen LogP contribution in [0.4, 0.5) is 15.9 Å². The maximum Gasteiger partial charge on any atom is 0.278 e. The topological polar surface area (TPSA) is 78.9 Å². The molecule has 1 amide bonds. The molecule has 3 heterocycles. The Morgan fingerprint density at radius 2 is 1.46 bits per heavy atom. The third kappa shape index (κ3) is 3.38. The number of rotatable bonds is 3. The normalized spacial score (nSPS) is 17.5. The zero-order valence-electron chi connectivity index (χ0n) is 20.3. The molecule has 2 aliphatic heterocycles. The summed E-state index contributed by atoms with van der Waals surface area (Å²) in [5.74, 6) is -0.317. The lowest BCUT2D eigenvalue weighted by atomic mass is 9.65. The number of hydrogen-bond acceptors (Lipinski definition) is 3. The van der Waals surface area contributed by atoms with Crippen molar-refractivity contribution in [3.63, 3.8) is 0 Å². The van der Waals surface area contributed by atoms with Gasteiger partial charge in [-0.05, 0) is 65.7 Å². The molecule has 1 spiro atoms. The van der Waals surface area contributed by atoms with E-state index < -0.39 is 5.41 Å². The predicted molar refractivity (Wildman–Crippen MR) is 153 cm³/mol. The summed E-state index contributed by atoms with van der Waals surface area (Å²) in [6.07, 6.45) is 0. The fraction of sp³-hybridized carbons (Fsp3) is 0.0323. The second kappa shape index (κ2) is 8.68. The van der Waals surface area contributed by atoms with E-state index in [1.165, 1.54) is 16.8 Å². The van der Waals surface area contributed by atoms with E-state index in [0.717, 1.165) is 10.0 Å². The number of hydrogen-bond donors (Lipinski definition) is 3. The molecule has 2 aliphatic rings. The number of nitrogens with zero attached hydrogens (tertiary/aromatic N) is 1. The fourth-order valence-corrected chi connectivity index (χ4v) is 6.06. The van der Waals surface area contributed by atoms with Gasteiger partial charge in [0.1, 0.15) is 17.1 Å². The van der Waals surface area contributed by atoms with E-state index in [-0.39, 0.29) is 22.8 Å². The molecule has 190 valence electrons. The van der Waals surface area contributed by atoms with Gasteiger partial charge in [0, 0.05) is 21.3 Å². The number of carbonyl (C=O) groups excluding carboxylic acids is 1. The van der Waals surface area contributed by atoms with Crippen LogP contribution in [0, 0.1) is 5.82 Å². The monoisotopic (exact) mass is 578 g/mol. The zero-order chi connectivity index (χ0) is 26.7. The summed E-state index contributed by atoms with van der Waals surface area (Å²) in [6, 6.07) is 30.4. The zero-order valence-corrected chi connectivity index (χ0v) is 21.9. The van der Waals surface area contributed by atoms with Crippen LogP contribution in [0.2, 0.25) is 0 Å². The van der Waals surface area contributed by atoms with Crippen molar-refractivity contribution in [2.75, 3.05) is 10.6 Å². The molecule has 0 radical (unpaired) electrons. The molecule has 39 heavy (non-hydrogen) atoms. The van der Waals surface area contributed by atoms with Crippen molar-refractivity contribution in [2.24, 2.45) is 0 Å². The lowest BCUT2D eigenvalue weighted by Crippen LogP contribution is -2.44. The lowest BCUT2D eigenvalue weighted by Gasteiger charge is -2.36. The number of anilines is 2. The van der Waals surface area contributed by atoms with Crippen molar-refractivity contribution in [2.45, 2.75) is 5.41 Å². The molecular formula is C31H20BrFN4O2. The van der Waals surface area contributed by atoms with Crippen molar-refractivity contribution in [3.05, 3.63) is 146 Å². The highest BCUT2D eigenvalue weighted by atomic mass is 79.9. The van der Waals surface area contributed by atoms with Crippen molar-refractivity contribution in [3.8, 4) is 5.69 Å².